The molecule has 1 aromatic carbocycles. The zero-order chi connectivity index (χ0) is 13.5. The molecule has 98 valence electrons. The molecule has 4 heteroatoms. The molecule has 0 radical (unpaired) electrons. The van der Waals surface area contributed by atoms with Crippen molar-refractivity contribution in [3.63, 3.8) is 0 Å². The predicted octanol–water partition coefficient (Wildman–Crippen LogP) is 3.24. The second-order valence-corrected chi connectivity index (χ2v) is 2.76. The van der Waals surface area contributed by atoms with E-state index in [4.69, 9.17) is 14.6 Å². The number of nitrogens with one attached hydrogen (secondary N) is 1. The molecule has 0 fully saturated rings. The summed E-state index contributed by atoms with van der Waals surface area (Å²) in [6, 6.07) is 7.96. The number of benzene rings is 1. The summed E-state index contributed by atoms with van der Waals surface area (Å²) in [5.74, 6) is 0.899. The lowest BCUT2D eigenvalue weighted by Crippen LogP contribution is -1.99. The van der Waals surface area contributed by atoms with E-state index in [1.807, 2.05) is 38.1 Å². The van der Waals surface area contributed by atoms with Crippen LogP contribution in [0, 0.1) is 0 Å². The highest BCUT2D eigenvalue weighted by Crippen LogP contribution is 2.16. The number of hydrogen-bond donors (Lipinski definition) is 2. The van der Waals surface area contributed by atoms with Crippen molar-refractivity contribution < 1.29 is 14.6 Å². The summed E-state index contributed by atoms with van der Waals surface area (Å²) in [5.41, 5.74) is 1.12. The third kappa shape index (κ3) is 10.6. The van der Waals surface area contributed by atoms with Crippen LogP contribution in [0.3, 0.4) is 0 Å². The number of anilines is 1. The molecule has 17 heavy (non-hydrogen) atoms. The number of ether oxygens (including phenoxy) is 1. The van der Waals surface area contributed by atoms with Crippen LogP contribution in [0.25, 0.3) is 0 Å². The van der Waals surface area contributed by atoms with E-state index in [0.717, 1.165) is 24.4 Å². The lowest BCUT2D eigenvalue weighted by Gasteiger charge is -2.05. The zero-order valence-electron chi connectivity index (χ0n) is 11.1. The van der Waals surface area contributed by atoms with Crippen LogP contribution in [0.15, 0.2) is 24.3 Å². The van der Waals surface area contributed by atoms with Gasteiger partial charge in [-0.25, -0.2) is 0 Å². The first-order valence-electron chi connectivity index (χ1n) is 5.74. The monoisotopic (exact) mass is 241 g/mol. The number of hydrogen-bond acceptors (Lipinski definition) is 3. The Bertz CT molecular complexity index is 277. The number of rotatable bonds is 4. The van der Waals surface area contributed by atoms with E-state index in [0.29, 0.717) is 0 Å². The largest absolute Gasteiger partial charge is 0.497 e. The second-order valence-electron chi connectivity index (χ2n) is 2.76. The number of carboxylic acid groups (broad SMARTS) is 1. The lowest BCUT2D eigenvalue weighted by molar-refractivity contribution is -0.122. The van der Waals surface area contributed by atoms with Gasteiger partial charge in [0.1, 0.15) is 5.75 Å². The molecular weight excluding hydrogens is 218 g/mol. The quantitative estimate of drug-likeness (QED) is 0.794. The highest BCUT2D eigenvalue weighted by Gasteiger charge is 1.92. The molecule has 0 saturated heterocycles. The highest BCUT2D eigenvalue weighted by molar-refractivity contribution is 5.47. The van der Waals surface area contributed by atoms with Gasteiger partial charge in [-0.2, -0.15) is 0 Å². The topological polar surface area (TPSA) is 58.6 Å². The Balaban J connectivity index is 0. The van der Waals surface area contributed by atoms with Gasteiger partial charge in [0.25, 0.3) is 6.47 Å². The SMILES string of the molecule is CC.CCCNc1cccc(OC)c1.O=CO. The van der Waals surface area contributed by atoms with Crippen LogP contribution in [0.2, 0.25) is 0 Å². The molecule has 0 bridgehead atoms. The second kappa shape index (κ2) is 14.3. The number of methoxy groups -OCH3 is 1. The Morgan fingerprint density at radius 1 is 1.41 bits per heavy atom. The van der Waals surface area contributed by atoms with Crippen molar-refractivity contribution in [1.29, 1.82) is 0 Å². The molecule has 0 amide bonds. The maximum Gasteiger partial charge on any atom is 0.290 e. The van der Waals surface area contributed by atoms with Gasteiger partial charge in [-0.05, 0) is 18.6 Å². The minimum Gasteiger partial charge on any atom is -0.497 e. The van der Waals surface area contributed by atoms with Crippen LogP contribution in [0.1, 0.15) is 27.2 Å². The summed E-state index contributed by atoms with van der Waals surface area (Å²) >= 11 is 0. The summed E-state index contributed by atoms with van der Waals surface area (Å²) in [6.45, 7) is 6.90. The van der Waals surface area contributed by atoms with E-state index in [2.05, 4.69) is 12.2 Å². The molecule has 0 saturated carbocycles. The van der Waals surface area contributed by atoms with Crippen molar-refractivity contribution in [3.05, 3.63) is 24.3 Å². The molecule has 0 aliphatic carbocycles. The first-order chi connectivity index (χ1) is 8.28. The van der Waals surface area contributed by atoms with Crippen molar-refractivity contribution in [2.24, 2.45) is 0 Å². The Morgan fingerprint density at radius 3 is 2.47 bits per heavy atom. The molecular formula is C13H23NO3. The van der Waals surface area contributed by atoms with Crippen LogP contribution in [0.4, 0.5) is 5.69 Å². The van der Waals surface area contributed by atoms with Gasteiger partial charge in [0.2, 0.25) is 0 Å². The van der Waals surface area contributed by atoms with Crippen LogP contribution in [-0.4, -0.2) is 25.2 Å². The van der Waals surface area contributed by atoms with Gasteiger partial charge in [0.05, 0.1) is 7.11 Å². The van der Waals surface area contributed by atoms with E-state index >= 15 is 0 Å². The van der Waals surface area contributed by atoms with Gasteiger partial charge in [-0.1, -0.05) is 26.8 Å². The Morgan fingerprint density at radius 2 is 2.00 bits per heavy atom. The van der Waals surface area contributed by atoms with Crippen molar-refractivity contribution in [3.8, 4) is 5.75 Å². The molecule has 0 aromatic heterocycles. The molecule has 0 spiro atoms. The summed E-state index contributed by atoms with van der Waals surface area (Å²) in [7, 11) is 1.68. The first kappa shape index (κ1) is 17.7. The van der Waals surface area contributed by atoms with Gasteiger partial charge in [0, 0.05) is 18.3 Å². The van der Waals surface area contributed by atoms with Gasteiger partial charge in [-0.3, -0.25) is 4.79 Å². The van der Waals surface area contributed by atoms with E-state index in [1.165, 1.54) is 0 Å². The molecule has 0 atom stereocenters. The fourth-order valence-electron chi connectivity index (χ4n) is 1.00. The van der Waals surface area contributed by atoms with Crippen LogP contribution in [0.5, 0.6) is 5.75 Å². The molecule has 1 rings (SSSR count). The molecule has 0 aliphatic heterocycles. The molecule has 1 aromatic rings. The molecule has 0 aliphatic rings. The summed E-state index contributed by atoms with van der Waals surface area (Å²) in [5, 5.41) is 10.2. The van der Waals surface area contributed by atoms with Crippen molar-refractivity contribution in [2.45, 2.75) is 27.2 Å². The standard InChI is InChI=1S/C10H15NO.C2H6.CH2O2/c1-3-7-11-9-5-4-6-10(8-9)12-2;1-2;2-1-3/h4-6,8,11H,3,7H2,1-2H3;1-2H3;1H,(H,2,3). The lowest BCUT2D eigenvalue weighted by atomic mass is 10.3. The average Bonchev–Trinajstić information content (AvgIpc) is 2.40. The van der Waals surface area contributed by atoms with E-state index in [9.17, 15) is 0 Å². The minimum atomic E-state index is -0.250. The summed E-state index contributed by atoms with van der Waals surface area (Å²) in [6.07, 6.45) is 1.14. The van der Waals surface area contributed by atoms with E-state index in [1.54, 1.807) is 7.11 Å². The zero-order valence-corrected chi connectivity index (χ0v) is 11.1. The Kier molecular flexibility index (Phi) is 14.9. The molecule has 0 heterocycles. The van der Waals surface area contributed by atoms with E-state index in [-0.39, 0.29) is 6.47 Å². The van der Waals surface area contributed by atoms with Crippen molar-refractivity contribution in [2.75, 3.05) is 19.0 Å². The highest BCUT2D eigenvalue weighted by atomic mass is 16.5. The fraction of sp³-hybridized carbons (Fsp3) is 0.462. The van der Waals surface area contributed by atoms with Crippen molar-refractivity contribution >= 4 is 12.2 Å². The van der Waals surface area contributed by atoms with Gasteiger partial charge >= 0.3 is 0 Å². The Labute approximate surface area is 104 Å². The van der Waals surface area contributed by atoms with Crippen molar-refractivity contribution in [1.82, 2.24) is 0 Å². The molecule has 0 unspecified atom stereocenters. The normalized spacial score (nSPS) is 7.76. The summed E-state index contributed by atoms with van der Waals surface area (Å²) in [4.78, 5) is 8.36. The van der Waals surface area contributed by atoms with Gasteiger partial charge in [-0.15, -0.1) is 0 Å². The molecule has 4 nitrogen and oxygen atoms in total. The first-order valence-corrected chi connectivity index (χ1v) is 5.74. The third-order valence-corrected chi connectivity index (χ3v) is 1.65. The van der Waals surface area contributed by atoms with Gasteiger partial charge < -0.3 is 15.2 Å². The molecule has 2 N–H and O–H groups in total. The average molecular weight is 241 g/mol. The van der Waals surface area contributed by atoms with Crippen LogP contribution < -0.4 is 10.1 Å². The fourth-order valence-corrected chi connectivity index (χ4v) is 1.00. The third-order valence-electron chi connectivity index (χ3n) is 1.65. The minimum absolute atomic E-state index is 0.250. The Hall–Kier alpha value is -1.71. The van der Waals surface area contributed by atoms with Crippen LogP contribution >= 0.6 is 0 Å². The maximum atomic E-state index is 8.36. The van der Waals surface area contributed by atoms with Gasteiger partial charge in [0.15, 0.2) is 0 Å². The smallest absolute Gasteiger partial charge is 0.290 e. The predicted molar refractivity (Wildman–Crippen MR) is 71.8 cm³/mol. The van der Waals surface area contributed by atoms with Crippen LogP contribution in [-0.2, 0) is 4.79 Å². The maximum absolute atomic E-state index is 8.36. The summed E-state index contributed by atoms with van der Waals surface area (Å²) < 4.78 is 5.09. The van der Waals surface area contributed by atoms with E-state index < -0.39 is 0 Å². The number of carbonyl (C=O) groups is 1.